The highest BCUT2D eigenvalue weighted by atomic mass is 79.9. The van der Waals surface area contributed by atoms with Crippen LogP contribution in [0.4, 0.5) is 0 Å². The SMILES string of the molecule is CC1CC(C)CC(NS(=O)(=O)c2cc(C(=O)O)oc2Br)C1. The van der Waals surface area contributed by atoms with Gasteiger partial charge in [0, 0.05) is 12.1 Å². The first-order valence-corrected chi connectivity index (χ1v) is 9.01. The summed E-state index contributed by atoms with van der Waals surface area (Å²) in [5.74, 6) is -0.794. The Balaban J connectivity index is 2.20. The van der Waals surface area contributed by atoms with Crippen molar-refractivity contribution in [3.8, 4) is 0 Å². The van der Waals surface area contributed by atoms with Crippen molar-refractivity contribution < 1.29 is 22.7 Å². The third kappa shape index (κ3) is 3.87. The lowest BCUT2D eigenvalue weighted by molar-refractivity contribution is 0.0661. The maximum absolute atomic E-state index is 12.4. The van der Waals surface area contributed by atoms with Gasteiger partial charge in [0.25, 0.3) is 0 Å². The number of sulfonamides is 1. The fraction of sp³-hybridized carbons (Fsp3) is 0.615. The second-order valence-corrected chi connectivity index (χ2v) is 8.19. The van der Waals surface area contributed by atoms with Crippen molar-refractivity contribution >= 4 is 31.9 Å². The molecule has 0 radical (unpaired) electrons. The zero-order valence-corrected chi connectivity index (χ0v) is 14.2. The Morgan fingerprint density at radius 3 is 2.38 bits per heavy atom. The van der Waals surface area contributed by atoms with Gasteiger partial charge in [-0.15, -0.1) is 0 Å². The van der Waals surface area contributed by atoms with Gasteiger partial charge in [-0.05, 0) is 47.0 Å². The number of nitrogens with one attached hydrogen (secondary N) is 1. The first-order chi connectivity index (χ1) is 9.69. The summed E-state index contributed by atoms with van der Waals surface area (Å²) in [6.07, 6.45) is 2.66. The zero-order chi connectivity index (χ0) is 15.8. The van der Waals surface area contributed by atoms with Gasteiger partial charge in [0.1, 0.15) is 4.90 Å². The first kappa shape index (κ1) is 16.5. The monoisotopic (exact) mass is 379 g/mol. The zero-order valence-electron chi connectivity index (χ0n) is 11.8. The minimum absolute atomic E-state index is 0.0932. The molecule has 6 nitrogen and oxygen atoms in total. The number of carboxylic acid groups (broad SMARTS) is 1. The molecule has 1 aliphatic rings. The molecule has 1 fully saturated rings. The maximum Gasteiger partial charge on any atom is 0.371 e. The highest BCUT2D eigenvalue weighted by molar-refractivity contribution is 9.10. The Kier molecular flexibility index (Phi) is 4.79. The van der Waals surface area contributed by atoms with E-state index in [1.807, 2.05) is 0 Å². The number of aromatic carboxylic acids is 1. The summed E-state index contributed by atoms with van der Waals surface area (Å²) in [5.41, 5.74) is 0. The lowest BCUT2D eigenvalue weighted by Gasteiger charge is -2.31. The van der Waals surface area contributed by atoms with Gasteiger partial charge in [0.05, 0.1) is 0 Å². The summed E-state index contributed by atoms with van der Waals surface area (Å²) in [6, 6.07) is 0.883. The van der Waals surface area contributed by atoms with E-state index in [9.17, 15) is 13.2 Å². The van der Waals surface area contributed by atoms with Gasteiger partial charge in [-0.1, -0.05) is 13.8 Å². The highest BCUT2D eigenvalue weighted by Crippen LogP contribution is 2.31. The second kappa shape index (κ2) is 6.10. The van der Waals surface area contributed by atoms with Crippen LogP contribution in [0.5, 0.6) is 0 Å². The number of rotatable bonds is 4. The van der Waals surface area contributed by atoms with Crippen LogP contribution in [0.25, 0.3) is 0 Å². The Bertz CT molecular complexity index is 629. The Morgan fingerprint density at radius 2 is 1.90 bits per heavy atom. The van der Waals surface area contributed by atoms with Gasteiger partial charge in [-0.2, -0.15) is 0 Å². The predicted octanol–water partition coefficient (Wildman–Crippen LogP) is 2.84. The third-order valence-corrected chi connectivity index (χ3v) is 6.03. The van der Waals surface area contributed by atoms with E-state index in [4.69, 9.17) is 9.52 Å². The number of hydrogen-bond donors (Lipinski definition) is 2. The van der Waals surface area contributed by atoms with Crippen molar-refractivity contribution in [1.82, 2.24) is 4.72 Å². The van der Waals surface area contributed by atoms with Crippen LogP contribution in [0.3, 0.4) is 0 Å². The van der Waals surface area contributed by atoms with E-state index in [2.05, 4.69) is 34.5 Å². The lowest BCUT2D eigenvalue weighted by atomic mass is 9.81. The minimum Gasteiger partial charge on any atom is -0.475 e. The third-order valence-electron chi connectivity index (χ3n) is 3.66. The predicted molar refractivity (Wildman–Crippen MR) is 79.7 cm³/mol. The van der Waals surface area contributed by atoms with E-state index < -0.39 is 21.8 Å². The van der Waals surface area contributed by atoms with E-state index in [0.29, 0.717) is 11.8 Å². The number of hydrogen-bond acceptors (Lipinski definition) is 4. The van der Waals surface area contributed by atoms with E-state index in [1.54, 1.807) is 0 Å². The quantitative estimate of drug-likeness (QED) is 0.837. The fourth-order valence-corrected chi connectivity index (χ4v) is 5.17. The van der Waals surface area contributed by atoms with Crippen LogP contribution in [0.1, 0.15) is 43.7 Å². The van der Waals surface area contributed by atoms with Gasteiger partial charge in [-0.3, -0.25) is 0 Å². The van der Waals surface area contributed by atoms with Crippen LogP contribution in [0.2, 0.25) is 0 Å². The summed E-state index contributed by atoms with van der Waals surface area (Å²) in [5, 5.41) is 8.85. The summed E-state index contributed by atoms with van der Waals surface area (Å²) in [4.78, 5) is 10.7. The van der Waals surface area contributed by atoms with E-state index in [-0.39, 0.29) is 15.6 Å². The average Bonchev–Trinajstić information content (AvgIpc) is 2.70. The lowest BCUT2D eigenvalue weighted by Crippen LogP contribution is -2.39. The molecule has 1 aromatic heterocycles. The van der Waals surface area contributed by atoms with Crippen LogP contribution in [0, 0.1) is 11.8 Å². The van der Waals surface area contributed by atoms with Crippen molar-refractivity contribution in [3.63, 3.8) is 0 Å². The number of furan rings is 1. The van der Waals surface area contributed by atoms with Gasteiger partial charge in [0.2, 0.25) is 15.8 Å². The van der Waals surface area contributed by atoms with Gasteiger partial charge >= 0.3 is 5.97 Å². The molecule has 2 atom stereocenters. The van der Waals surface area contributed by atoms with Crippen LogP contribution in [-0.4, -0.2) is 25.5 Å². The van der Waals surface area contributed by atoms with Gasteiger partial charge in [0.15, 0.2) is 4.67 Å². The van der Waals surface area contributed by atoms with Gasteiger partial charge in [-0.25, -0.2) is 17.9 Å². The smallest absolute Gasteiger partial charge is 0.371 e. The molecule has 1 aliphatic carbocycles. The number of carbonyl (C=O) groups is 1. The molecule has 8 heteroatoms. The minimum atomic E-state index is -3.80. The van der Waals surface area contributed by atoms with Crippen LogP contribution in [-0.2, 0) is 10.0 Å². The topological polar surface area (TPSA) is 96.6 Å². The molecule has 0 aliphatic heterocycles. The van der Waals surface area contributed by atoms with Crippen LogP contribution >= 0.6 is 15.9 Å². The van der Waals surface area contributed by atoms with Gasteiger partial charge < -0.3 is 9.52 Å². The van der Waals surface area contributed by atoms with E-state index >= 15 is 0 Å². The van der Waals surface area contributed by atoms with E-state index in [1.165, 1.54) is 0 Å². The molecule has 1 saturated carbocycles. The molecule has 0 spiro atoms. The highest BCUT2D eigenvalue weighted by Gasteiger charge is 2.31. The summed E-state index contributed by atoms with van der Waals surface area (Å²) >= 11 is 2.96. The molecule has 0 saturated heterocycles. The molecule has 2 unspecified atom stereocenters. The molecule has 118 valence electrons. The molecule has 0 amide bonds. The fourth-order valence-electron chi connectivity index (χ4n) is 2.97. The molecule has 2 N–H and O–H groups in total. The van der Waals surface area contributed by atoms with E-state index in [0.717, 1.165) is 25.3 Å². The Morgan fingerprint density at radius 1 is 1.33 bits per heavy atom. The van der Waals surface area contributed by atoms with Crippen molar-refractivity contribution in [3.05, 3.63) is 16.5 Å². The second-order valence-electron chi connectivity index (χ2n) is 5.79. The van der Waals surface area contributed by atoms with Crippen molar-refractivity contribution in [2.24, 2.45) is 11.8 Å². The van der Waals surface area contributed by atoms with Crippen molar-refractivity contribution in [1.29, 1.82) is 0 Å². The Hall–Kier alpha value is -0.860. The molecular weight excluding hydrogens is 362 g/mol. The summed E-state index contributed by atoms with van der Waals surface area (Å²) in [6.45, 7) is 4.21. The summed E-state index contributed by atoms with van der Waals surface area (Å²) < 4.78 is 32.2. The number of carboxylic acids is 1. The number of halogens is 1. The maximum atomic E-state index is 12.4. The normalized spacial score (nSPS) is 26.7. The largest absolute Gasteiger partial charge is 0.475 e. The van der Waals surface area contributed by atoms with Crippen molar-refractivity contribution in [2.75, 3.05) is 0 Å². The molecule has 0 aromatic carbocycles. The molecular formula is C13H18BrNO5S. The molecule has 0 bridgehead atoms. The average molecular weight is 380 g/mol. The molecule has 2 rings (SSSR count). The first-order valence-electron chi connectivity index (χ1n) is 6.74. The van der Waals surface area contributed by atoms with Crippen molar-refractivity contribution in [2.45, 2.75) is 44.0 Å². The van der Waals surface area contributed by atoms with Crippen LogP contribution in [0.15, 0.2) is 20.0 Å². The Labute approximate surface area is 132 Å². The summed E-state index contributed by atoms with van der Waals surface area (Å²) in [7, 11) is -3.80. The molecule has 1 aromatic rings. The standard InChI is InChI=1S/C13H18BrNO5S/c1-7-3-8(2)5-9(4-7)15-21(18,19)11-6-10(13(16)17)20-12(11)14/h6-9,15H,3-5H2,1-2H3,(H,16,17). The molecule has 1 heterocycles. The van der Waals surface area contributed by atoms with Crippen LogP contribution < -0.4 is 4.72 Å². The molecule has 21 heavy (non-hydrogen) atoms.